The van der Waals surface area contributed by atoms with Gasteiger partial charge in [0.15, 0.2) is 0 Å². The van der Waals surface area contributed by atoms with Gasteiger partial charge in [-0.05, 0) is 25.7 Å². The summed E-state index contributed by atoms with van der Waals surface area (Å²) in [5.41, 5.74) is 0. The van der Waals surface area contributed by atoms with E-state index in [-0.39, 0.29) is 11.8 Å². The highest BCUT2D eigenvalue weighted by Gasteiger charge is 2.41. The Kier molecular flexibility index (Phi) is 3.60. The van der Waals surface area contributed by atoms with Crippen molar-refractivity contribution in [2.45, 2.75) is 26.7 Å². The first-order valence-corrected chi connectivity index (χ1v) is 6.62. The van der Waals surface area contributed by atoms with Crippen molar-refractivity contribution in [1.82, 2.24) is 10.2 Å². The molecule has 3 unspecified atom stereocenters. The fourth-order valence-corrected chi connectivity index (χ4v) is 2.99. The van der Waals surface area contributed by atoms with Crippen molar-refractivity contribution < 1.29 is 14.7 Å². The van der Waals surface area contributed by atoms with Crippen LogP contribution in [0.2, 0.25) is 0 Å². The van der Waals surface area contributed by atoms with Crippen molar-refractivity contribution in [3.63, 3.8) is 0 Å². The molecule has 6 nitrogen and oxygen atoms in total. The summed E-state index contributed by atoms with van der Waals surface area (Å²) in [5, 5.41) is 20.6. The lowest BCUT2D eigenvalue weighted by Gasteiger charge is -2.13. The number of nitrogens with one attached hydrogen (secondary N) is 1. The van der Waals surface area contributed by atoms with E-state index in [4.69, 9.17) is 5.11 Å². The van der Waals surface area contributed by atoms with Crippen LogP contribution >= 0.6 is 11.3 Å². The van der Waals surface area contributed by atoms with E-state index in [0.29, 0.717) is 18.0 Å². The number of aliphatic carboxylic acids is 1. The van der Waals surface area contributed by atoms with Crippen molar-refractivity contribution in [2.75, 3.05) is 5.32 Å². The molecule has 3 atom stereocenters. The highest BCUT2D eigenvalue weighted by Crippen LogP contribution is 2.37. The van der Waals surface area contributed by atoms with Gasteiger partial charge in [-0.15, -0.1) is 10.2 Å². The van der Waals surface area contributed by atoms with E-state index in [1.54, 1.807) is 6.92 Å². The summed E-state index contributed by atoms with van der Waals surface area (Å²) < 4.78 is 0. The number of anilines is 1. The molecule has 1 fully saturated rings. The molecule has 0 bridgehead atoms. The van der Waals surface area contributed by atoms with Crippen molar-refractivity contribution in [2.24, 2.45) is 17.8 Å². The first-order chi connectivity index (χ1) is 8.47. The van der Waals surface area contributed by atoms with Crippen LogP contribution in [-0.4, -0.2) is 27.2 Å². The largest absolute Gasteiger partial charge is 0.481 e. The molecular formula is C11H15N3O3S. The summed E-state index contributed by atoms with van der Waals surface area (Å²) in [6, 6.07) is 0. The van der Waals surface area contributed by atoms with Gasteiger partial charge in [0.05, 0.1) is 11.8 Å². The number of carboxylic acid groups (broad SMARTS) is 1. The Morgan fingerprint density at radius 3 is 2.56 bits per heavy atom. The average molecular weight is 269 g/mol. The first kappa shape index (κ1) is 12.9. The topological polar surface area (TPSA) is 92.2 Å². The minimum Gasteiger partial charge on any atom is -0.481 e. The summed E-state index contributed by atoms with van der Waals surface area (Å²) in [6.07, 6.45) is 1.17. The predicted molar refractivity (Wildman–Crippen MR) is 66.3 cm³/mol. The number of aromatic nitrogens is 2. The lowest BCUT2D eigenvalue weighted by Crippen LogP contribution is -2.29. The minimum absolute atomic E-state index is 0.261. The third kappa shape index (κ3) is 2.66. The number of hydrogen-bond donors (Lipinski definition) is 2. The number of hydrogen-bond acceptors (Lipinski definition) is 5. The lowest BCUT2D eigenvalue weighted by atomic mass is 9.95. The number of carboxylic acids is 1. The zero-order chi connectivity index (χ0) is 13.3. The number of aryl methyl sites for hydroxylation is 1. The minimum atomic E-state index is -0.895. The third-order valence-corrected chi connectivity index (χ3v) is 3.96. The van der Waals surface area contributed by atoms with Gasteiger partial charge in [0.25, 0.3) is 0 Å². The van der Waals surface area contributed by atoms with Crippen LogP contribution in [0, 0.1) is 24.7 Å². The maximum atomic E-state index is 12.0. The van der Waals surface area contributed by atoms with Crippen LogP contribution in [0.15, 0.2) is 0 Å². The summed E-state index contributed by atoms with van der Waals surface area (Å²) in [4.78, 5) is 23.2. The number of carbonyl (C=O) groups is 2. The van der Waals surface area contributed by atoms with Gasteiger partial charge in [-0.3, -0.25) is 9.59 Å². The van der Waals surface area contributed by atoms with Gasteiger partial charge in [0.1, 0.15) is 5.01 Å². The van der Waals surface area contributed by atoms with Gasteiger partial charge >= 0.3 is 5.97 Å². The molecule has 1 aliphatic rings. The molecule has 0 saturated heterocycles. The second-order valence-electron chi connectivity index (χ2n) is 4.74. The van der Waals surface area contributed by atoms with Crippen molar-refractivity contribution in [3.8, 4) is 0 Å². The molecule has 0 radical (unpaired) electrons. The normalized spacial score (nSPS) is 27.1. The van der Waals surface area contributed by atoms with Crippen LogP contribution in [-0.2, 0) is 9.59 Å². The zero-order valence-corrected chi connectivity index (χ0v) is 11.0. The van der Waals surface area contributed by atoms with Crippen molar-refractivity contribution in [1.29, 1.82) is 0 Å². The second kappa shape index (κ2) is 5.01. The fraction of sp³-hybridized carbons (Fsp3) is 0.636. The lowest BCUT2D eigenvalue weighted by molar-refractivity contribution is -0.145. The SMILES string of the molecule is Cc1nnc(NC(=O)C2CC(C)CC2C(=O)O)s1. The van der Waals surface area contributed by atoms with E-state index in [0.717, 1.165) is 5.01 Å². The summed E-state index contributed by atoms with van der Waals surface area (Å²) in [7, 11) is 0. The predicted octanol–water partition coefficient (Wildman–Crippen LogP) is 1.53. The van der Waals surface area contributed by atoms with Crippen molar-refractivity contribution >= 4 is 28.3 Å². The van der Waals surface area contributed by atoms with Crippen molar-refractivity contribution in [3.05, 3.63) is 5.01 Å². The van der Waals surface area contributed by atoms with Gasteiger partial charge in [-0.1, -0.05) is 18.3 Å². The van der Waals surface area contributed by atoms with E-state index in [2.05, 4.69) is 15.5 Å². The van der Waals surface area contributed by atoms with E-state index in [1.807, 2.05) is 6.92 Å². The molecule has 98 valence electrons. The third-order valence-electron chi connectivity index (χ3n) is 3.21. The molecule has 1 amide bonds. The molecule has 18 heavy (non-hydrogen) atoms. The average Bonchev–Trinajstić information content (AvgIpc) is 2.85. The molecular weight excluding hydrogens is 254 g/mol. The maximum absolute atomic E-state index is 12.0. The monoisotopic (exact) mass is 269 g/mol. The highest BCUT2D eigenvalue weighted by atomic mass is 32.1. The van der Waals surface area contributed by atoms with Crippen LogP contribution < -0.4 is 5.32 Å². The second-order valence-corrected chi connectivity index (χ2v) is 5.92. The maximum Gasteiger partial charge on any atom is 0.307 e. The number of rotatable bonds is 3. The molecule has 0 spiro atoms. The van der Waals surface area contributed by atoms with Gasteiger partial charge < -0.3 is 10.4 Å². The Hall–Kier alpha value is -1.50. The Bertz CT molecular complexity index is 474. The van der Waals surface area contributed by atoms with Gasteiger partial charge in [-0.25, -0.2) is 0 Å². The Labute approximate surface area is 108 Å². The van der Waals surface area contributed by atoms with E-state index in [9.17, 15) is 9.59 Å². The standard InChI is InChI=1S/C11H15N3O3S/c1-5-3-7(8(4-5)10(16)17)9(15)12-11-14-13-6(2)18-11/h5,7-8H,3-4H2,1-2H3,(H,16,17)(H,12,14,15). The van der Waals surface area contributed by atoms with Crippen LogP contribution in [0.4, 0.5) is 5.13 Å². The van der Waals surface area contributed by atoms with Crippen LogP contribution in [0.25, 0.3) is 0 Å². The smallest absolute Gasteiger partial charge is 0.307 e. The van der Waals surface area contributed by atoms with E-state index < -0.39 is 17.8 Å². The Balaban J connectivity index is 2.06. The summed E-state index contributed by atoms with van der Waals surface area (Å²) in [6.45, 7) is 3.77. The van der Waals surface area contributed by atoms with Gasteiger partial charge in [-0.2, -0.15) is 0 Å². The Morgan fingerprint density at radius 1 is 1.33 bits per heavy atom. The quantitative estimate of drug-likeness (QED) is 0.868. The van der Waals surface area contributed by atoms with Crippen LogP contribution in [0.1, 0.15) is 24.8 Å². The van der Waals surface area contributed by atoms with Crippen LogP contribution in [0.5, 0.6) is 0 Å². The number of nitrogens with zero attached hydrogens (tertiary/aromatic N) is 2. The zero-order valence-electron chi connectivity index (χ0n) is 10.2. The molecule has 0 aromatic carbocycles. The number of carbonyl (C=O) groups excluding carboxylic acids is 1. The molecule has 7 heteroatoms. The van der Waals surface area contributed by atoms with Gasteiger partial charge in [0, 0.05) is 0 Å². The number of amides is 1. The van der Waals surface area contributed by atoms with E-state index >= 15 is 0 Å². The Morgan fingerprint density at radius 2 is 2.00 bits per heavy atom. The molecule has 1 saturated carbocycles. The summed E-state index contributed by atoms with van der Waals surface area (Å²) >= 11 is 1.28. The van der Waals surface area contributed by atoms with Crippen LogP contribution in [0.3, 0.4) is 0 Å². The summed E-state index contributed by atoms with van der Waals surface area (Å²) in [5.74, 6) is -1.95. The molecule has 1 aliphatic carbocycles. The molecule has 2 N–H and O–H groups in total. The molecule has 1 aromatic heterocycles. The molecule has 2 rings (SSSR count). The van der Waals surface area contributed by atoms with E-state index in [1.165, 1.54) is 11.3 Å². The fourth-order valence-electron chi connectivity index (χ4n) is 2.40. The molecule has 1 aromatic rings. The first-order valence-electron chi connectivity index (χ1n) is 5.81. The molecule has 1 heterocycles. The van der Waals surface area contributed by atoms with Gasteiger partial charge in [0.2, 0.25) is 11.0 Å². The molecule has 0 aliphatic heterocycles. The highest BCUT2D eigenvalue weighted by molar-refractivity contribution is 7.15.